The Morgan fingerprint density at radius 2 is 1.66 bits per heavy atom. The van der Waals surface area contributed by atoms with Gasteiger partial charge in [-0.25, -0.2) is 17.8 Å². The fourth-order valence-electron chi connectivity index (χ4n) is 4.02. The molecule has 0 saturated heterocycles. The van der Waals surface area contributed by atoms with E-state index in [2.05, 4.69) is 6.07 Å². The third-order valence-electron chi connectivity index (χ3n) is 5.54. The third kappa shape index (κ3) is 4.25. The first-order chi connectivity index (χ1) is 15.3. The summed E-state index contributed by atoms with van der Waals surface area (Å²) in [5, 5.41) is 9.85. The molecule has 1 atom stereocenters. The van der Waals surface area contributed by atoms with E-state index in [1.165, 1.54) is 18.4 Å². The molecule has 1 aliphatic carbocycles. The van der Waals surface area contributed by atoms with Crippen LogP contribution in [0.1, 0.15) is 24.5 Å². The smallest absolute Gasteiger partial charge is 0.171 e. The van der Waals surface area contributed by atoms with Crippen molar-refractivity contribution in [2.24, 2.45) is 5.92 Å². The highest BCUT2D eigenvalue weighted by molar-refractivity contribution is 7.94. The predicted octanol–water partition coefficient (Wildman–Crippen LogP) is 5.78. The van der Waals surface area contributed by atoms with Crippen LogP contribution in [0.5, 0.6) is 0 Å². The van der Waals surface area contributed by atoms with Crippen molar-refractivity contribution < 1.29 is 12.8 Å². The van der Waals surface area contributed by atoms with Gasteiger partial charge in [-0.05, 0) is 54.3 Å². The van der Waals surface area contributed by atoms with Crippen LogP contribution in [-0.4, -0.2) is 19.7 Å². The highest BCUT2D eigenvalue weighted by Crippen LogP contribution is 2.39. The molecule has 1 unspecified atom stereocenters. The minimum Gasteiger partial charge on any atom is -0.246 e. The summed E-state index contributed by atoms with van der Waals surface area (Å²) < 4.78 is 37.7. The largest absolute Gasteiger partial charge is 0.246 e. The van der Waals surface area contributed by atoms with Gasteiger partial charge in [-0.1, -0.05) is 43.3 Å². The zero-order valence-electron chi connectivity index (χ0n) is 17.7. The van der Waals surface area contributed by atoms with Crippen molar-refractivity contribution >= 4 is 15.4 Å². The molecule has 0 bridgehead atoms. The van der Waals surface area contributed by atoms with Crippen molar-refractivity contribution in [3.8, 4) is 28.6 Å². The molecule has 3 aromatic rings. The first kappa shape index (κ1) is 21.7. The number of nitrogens with zero attached hydrogens (tertiary/aromatic N) is 2. The number of nitriles is 1. The number of hydrogen-bond donors (Lipinski definition) is 0. The highest BCUT2D eigenvalue weighted by Gasteiger charge is 2.25. The summed E-state index contributed by atoms with van der Waals surface area (Å²) in [7, 11) is -3.30. The second-order valence-electron chi connectivity index (χ2n) is 7.90. The number of allylic oxidation sites excluding steroid dienone is 4. The number of pyridine rings is 1. The van der Waals surface area contributed by atoms with Gasteiger partial charge in [-0.15, -0.1) is 0 Å². The van der Waals surface area contributed by atoms with Crippen molar-refractivity contribution in [3.63, 3.8) is 0 Å². The molecule has 0 radical (unpaired) electrons. The second-order valence-corrected chi connectivity index (χ2v) is 9.92. The summed E-state index contributed by atoms with van der Waals surface area (Å²) in [6.45, 7) is 1.87. The van der Waals surface area contributed by atoms with E-state index in [0.29, 0.717) is 28.3 Å². The van der Waals surface area contributed by atoms with Crippen molar-refractivity contribution in [1.29, 1.82) is 5.26 Å². The Labute approximate surface area is 187 Å². The number of rotatable bonds is 4. The fourth-order valence-corrected chi connectivity index (χ4v) is 5.15. The topological polar surface area (TPSA) is 70.8 Å². The highest BCUT2D eigenvalue weighted by atomic mass is 32.2. The number of aromatic nitrogens is 1. The van der Waals surface area contributed by atoms with E-state index in [9.17, 15) is 18.1 Å². The summed E-state index contributed by atoms with van der Waals surface area (Å²) in [4.78, 5) is 5.24. The lowest BCUT2D eigenvalue weighted by atomic mass is 9.87. The van der Waals surface area contributed by atoms with Crippen LogP contribution in [0.2, 0.25) is 0 Å². The van der Waals surface area contributed by atoms with Crippen LogP contribution < -0.4 is 0 Å². The van der Waals surface area contributed by atoms with Gasteiger partial charge in [0, 0.05) is 27.9 Å². The van der Waals surface area contributed by atoms with Crippen LogP contribution in [-0.2, 0) is 9.84 Å². The molecule has 0 N–H and O–H groups in total. The lowest BCUT2D eigenvalue weighted by molar-refractivity contribution is 0.597. The van der Waals surface area contributed by atoms with E-state index < -0.39 is 9.84 Å². The Morgan fingerprint density at radius 3 is 2.25 bits per heavy atom. The average Bonchev–Trinajstić information content (AvgIpc) is 2.78. The van der Waals surface area contributed by atoms with Gasteiger partial charge in [0.05, 0.1) is 17.0 Å². The van der Waals surface area contributed by atoms with Gasteiger partial charge in [0.15, 0.2) is 9.84 Å². The molecule has 0 fully saturated rings. The van der Waals surface area contributed by atoms with Gasteiger partial charge in [0.25, 0.3) is 0 Å². The van der Waals surface area contributed by atoms with Gasteiger partial charge >= 0.3 is 0 Å². The SMILES string of the molecule is CC1CC(c2cc(C#N)c(-c3ccccc3)nc2-c2ccc(F)cc2)=CC=C1S(C)(=O)=O. The van der Waals surface area contributed by atoms with E-state index in [0.717, 1.165) is 22.3 Å². The van der Waals surface area contributed by atoms with E-state index in [1.807, 2.05) is 37.3 Å². The van der Waals surface area contributed by atoms with Crippen LogP contribution in [0.4, 0.5) is 4.39 Å². The van der Waals surface area contributed by atoms with E-state index >= 15 is 0 Å². The Balaban J connectivity index is 1.96. The van der Waals surface area contributed by atoms with Crippen LogP contribution in [0.15, 0.2) is 77.7 Å². The fraction of sp³-hybridized carbons (Fsp3) is 0.154. The summed E-state index contributed by atoms with van der Waals surface area (Å²) in [5.41, 5.74) is 4.74. The Bertz CT molecular complexity index is 1380. The van der Waals surface area contributed by atoms with Gasteiger partial charge in [-0.3, -0.25) is 0 Å². The van der Waals surface area contributed by atoms with E-state index in [1.54, 1.807) is 30.4 Å². The molecule has 2 aromatic carbocycles. The third-order valence-corrected chi connectivity index (χ3v) is 6.94. The number of benzene rings is 2. The average molecular weight is 445 g/mol. The Kier molecular flexibility index (Phi) is 5.77. The van der Waals surface area contributed by atoms with Gasteiger partial charge in [0.1, 0.15) is 11.9 Å². The van der Waals surface area contributed by atoms with Crippen LogP contribution >= 0.6 is 0 Å². The van der Waals surface area contributed by atoms with Gasteiger partial charge in [-0.2, -0.15) is 5.26 Å². The number of sulfone groups is 1. The molecule has 4 nitrogen and oxygen atoms in total. The quantitative estimate of drug-likeness (QED) is 0.512. The second kappa shape index (κ2) is 8.52. The lowest BCUT2D eigenvalue weighted by Gasteiger charge is -2.23. The van der Waals surface area contributed by atoms with Crippen molar-refractivity contribution in [3.05, 3.63) is 94.7 Å². The zero-order valence-corrected chi connectivity index (χ0v) is 18.5. The van der Waals surface area contributed by atoms with Crippen LogP contribution in [0, 0.1) is 23.1 Å². The lowest BCUT2D eigenvalue weighted by Crippen LogP contribution is -2.13. The van der Waals surface area contributed by atoms with Crippen molar-refractivity contribution in [1.82, 2.24) is 4.98 Å². The predicted molar refractivity (Wildman–Crippen MR) is 124 cm³/mol. The van der Waals surface area contributed by atoms with E-state index in [-0.39, 0.29) is 11.7 Å². The maximum atomic E-state index is 13.6. The van der Waals surface area contributed by atoms with E-state index in [4.69, 9.17) is 4.98 Å². The van der Waals surface area contributed by atoms with Crippen molar-refractivity contribution in [2.45, 2.75) is 13.3 Å². The standard InChI is InChI=1S/C26H21FN2O2S/c1-17-14-20(10-13-24(17)32(2,30)31)23-15-21(16-28)25(18-6-4-3-5-7-18)29-26(23)19-8-11-22(27)12-9-19/h3-13,15,17H,14H2,1-2H3. The number of halogens is 1. The molecular formula is C26H21FN2O2S. The molecule has 0 aliphatic heterocycles. The summed E-state index contributed by atoms with van der Waals surface area (Å²) in [6, 6.07) is 19.5. The first-order valence-corrected chi connectivity index (χ1v) is 12.0. The zero-order chi connectivity index (χ0) is 22.9. The Morgan fingerprint density at radius 1 is 1.00 bits per heavy atom. The summed E-state index contributed by atoms with van der Waals surface area (Å²) >= 11 is 0. The molecule has 0 amide bonds. The monoisotopic (exact) mass is 444 g/mol. The van der Waals surface area contributed by atoms with Gasteiger partial charge < -0.3 is 0 Å². The molecule has 0 spiro atoms. The normalized spacial score (nSPS) is 16.1. The minimum atomic E-state index is -3.30. The molecule has 32 heavy (non-hydrogen) atoms. The molecule has 4 rings (SSSR count). The van der Waals surface area contributed by atoms with Crippen LogP contribution in [0.25, 0.3) is 28.1 Å². The molecule has 160 valence electrons. The molecule has 0 saturated carbocycles. The van der Waals surface area contributed by atoms with Gasteiger partial charge in [0.2, 0.25) is 0 Å². The Hall–Kier alpha value is -3.56. The number of hydrogen-bond acceptors (Lipinski definition) is 4. The van der Waals surface area contributed by atoms with Crippen molar-refractivity contribution in [2.75, 3.05) is 6.26 Å². The molecule has 1 heterocycles. The molecular weight excluding hydrogens is 423 g/mol. The molecule has 6 heteroatoms. The molecule has 1 aromatic heterocycles. The minimum absolute atomic E-state index is 0.203. The maximum Gasteiger partial charge on any atom is 0.171 e. The summed E-state index contributed by atoms with van der Waals surface area (Å²) in [5.74, 6) is -0.552. The molecule has 1 aliphatic rings. The van der Waals surface area contributed by atoms with Crippen LogP contribution in [0.3, 0.4) is 0 Å². The summed E-state index contributed by atoms with van der Waals surface area (Å²) in [6.07, 6.45) is 5.11. The first-order valence-electron chi connectivity index (χ1n) is 10.2. The maximum absolute atomic E-state index is 13.6.